The number of carbonyl (C=O) groups excluding carboxylic acids is 1. The number of carbonyl (C=O) groups is 1. The minimum atomic E-state index is -0.270. The summed E-state index contributed by atoms with van der Waals surface area (Å²) < 4.78 is 0. The van der Waals surface area contributed by atoms with Crippen molar-refractivity contribution in [3.8, 4) is 11.4 Å². The van der Waals surface area contributed by atoms with Crippen molar-refractivity contribution in [2.75, 3.05) is 17.7 Å². The number of aromatic nitrogens is 2. The molecule has 0 aliphatic carbocycles. The lowest BCUT2D eigenvalue weighted by Gasteiger charge is -2.11. The van der Waals surface area contributed by atoms with Crippen LogP contribution in [0.15, 0.2) is 42.6 Å². The molecule has 3 aromatic rings. The number of alkyl halides is 1. The number of urea groups is 1. The molecule has 2 aromatic carbocycles. The molecule has 0 atom stereocenters. The van der Waals surface area contributed by atoms with Crippen LogP contribution in [0.4, 0.5) is 10.5 Å². The smallest absolute Gasteiger partial charge is 0.319 e. The molecule has 0 unspecified atom stereocenters. The molecule has 0 saturated heterocycles. The number of anilines is 1. The molecule has 5 nitrogen and oxygen atoms in total. The van der Waals surface area contributed by atoms with E-state index in [0.29, 0.717) is 18.2 Å². The van der Waals surface area contributed by atoms with Gasteiger partial charge in [-0.25, -0.2) is 14.8 Å². The Morgan fingerprint density at radius 3 is 2.76 bits per heavy atom. The van der Waals surface area contributed by atoms with Crippen LogP contribution in [0.25, 0.3) is 22.3 Å². The molecule has 3 rings (SSSR count). The fraction of sp³-hybridized carbons (Fsp3) is 0.211. The highest BCUT2D eigenvalue weighted by atomic mass is 35.5. The van der Waals surface area contributed by atoms with Gasteiger partial charge < -0.3 is 10.6 Å². The first-order valence-corrected chi connectivity index (χ1v) is 8.55. The molecule has 0 fully saturated rings. The van der Waals surface area contributed by atoms with Crippen molar-refractivity contribution in [3.63, 3.8) is 0 Å². The van der Waals surface area contributed by atoms with Crippen LogP contribution in [0.1, 0.15) is 11.1 Å². The zero-order valence-electron chi connectivity index (χ0n) is 14.1. The topological polar surface area (TPSA) is 66.9 Å². The summed E-state index contributed by atoms with van der Waals surface area (Å²) in [6, 6.07) is 11.6. The predicted octanol–water partition coefficient (Wildman–Crippen LogP) is 4.27. The maximum absolute atomic E-state index is 11.7. The van der Waals surface area contributed by atoms with Gasteiger partial charge in [-0.2, -0.15) is 0 Å². The van der Waals surface area contributed by atoms with E-state index in [1.165, 1.54) is 5.56 Å². The van der Waals surface area contributed by atoms with Crippen molar-refractivity contribution in [3.05, 3.63) is 53.7 Å². The van der Waals surface area contributed by atoms with Gasteiger partial charge in [0.1, 0.15) is 0 Å². The Morgan fingerprint density at radius 1 is 1.16 bits per heavy atom. The van der Waals surface area contributed by atoms with E-state index in [4.69, 9.17) is 11.6 Å². The second-order valence-corrected chi connectivity index (χ2v) is 6.23. The Labute approximate surface area is 151 Å². The number of hydrogen-bond donors (Lipinski definition) is 2. The SMILES string of the molecule is Cc1ccc2nc(-c3ccc(NC(=O)NCCCl)c(C)c3)ncc2c1. The van der Waals surface area contributed by atoms with Gasteiger partial charge in [-0.15, -0.1) is 11.6 Å². The van der Waals surface area contributed by atoms with Gasteiger partial charge in [0, 0.05) is 35.3 Å². The fourth-order valence-corrected chi connectivity index (χ4v) is 2.66. The van der Waals surface area contributed by atoms with E-state index in [0.717, 1.165) is 27.7 Å². The quantitative estimate of drug-likeness (QED) is 0.687. The van der Waals surface area contributed by atoms with Crippen molar-refractivity contribution in [2.24, 2.45) is 0 Å². The van der Waals surface area contributed by atoms with Crippen LogP contribution >= 0.6 is 11.6 Å². The standard InChI is InChI=1S/C19H19ClN4O/c1-12-3-5-17-15(9-12)11-22-18(23-17)14-4-6-16(13(2)10-14)24-19(25)21-8-7-20/h3-6,9-11H,7-8H2,1-2H3,(H2,21,24,25). The van der Waals surface area contributed by atoms with Crippen molar-refractivity contribution < 1.29 is 4.79 Å². The van der Waals surface area contributed by atoms with Crippen molar-refractivity contribution in [2.45, 2.75) is 13.8 Å². The van der Waals surface area contributed by atoms with Crippen LogP contribution < -0.4 is 10.6 Å². The highest BCUT2D eigenvalue weighted by Gasteiger charge is 2.08. The van der Waals surface area contributed by atoms with Crippen molar-refractivity contribution >= 4 is 34.2 Å². The second kappa shape index (κ2) is 7.49. The van der Waals surface area contributed by atoms with Gasteiger partial charge >= 0.3 is 6.03 Å². The first-order chi connectivity index (χ1) is 12.1. The van der Waals surface area contributed by atoms with Crippen molar-refractivity contribution in [1.82, 2.24) is 15.3 Å². The number of halogens is 1. The normalized spacial score (nSPS) is 10.7. The lowest BCUT2D eigenvalue weighted by Crippen LogP contribution is -2.30. The summed E-state index contributed by atoms with van der Waals surface area (Å²) >= 11 is 5.56. The Morgan fingerprint density at radius 2 is 2.00 bits per heavy atom. The molecular weight excluding hydrogens is 336 g/mol. The van der Waals surface area contributed by atoms with E-state index in [-0.39, 0.29) is 6.03 Å². The number of rotatable bonds is 4. The summed E-state index contributed by atoms with van der Waals surface area (Å²) in [7, 11) is 0. The summed E-state index contributed by atoms with van der Waals surface area (Å²) in [6.07, 6.45) is 1.84. The zero-order chi connectivity index (χ0) is 17.8. The van der Waals surface area contributed by atoms with Gasteiger partial charge in [-0.3, -0.25) is 0 Å². The Bertz CT molecular complexity index is 926. The van der Waals surface area contributed by atoms with Gasteiger partial charge in [0.15, 0.2) is 5.82 Å². The van der Waals surface area contributed by atoms with Crippen LogP contribution in [0, 0.1) is 13.8 Å². The van der Waals surface area contributed by atoms with E-state index in [1.807, 2.05) is 50.4 Å². The Balaban J connectivity index is 1.85. The van der Waals surface area contributed by atoms with Crippen LogP contribution in [0.2, 0.25) is 0 Å². The van der Waals surface area contributed by atoms with Gasteiger partial charge in [0.05, 0.1) is 5.52 Å². The number of fused-ring (bicyclic) bond motifs is 1. The van der Waals surface area contributed by atoms with Gasteiger partial charge in [-0.1, -0.05) is 11.6 Å². The van der Waals surface area contributed by atoms with E-state index >= 15 is 0 Å². The number of hydrogen-bond acceptors (Lipinski definition) is 3. The Kier molecular flexibility index (Phi) is 5.14. The third kappa shape index (κ3) is 4.06. The van der Waals surface area contributed by atoms with Crippen LogP contribution in [-0.2, 0) is 0 Å². The average molecular weight is 355 g/mol. The summed E-state index contributed by atoms with van der Waals surface area (Å²) in [5, 5.41) is 6.51. The molecule has 0 spiro atoms. The minimum Gasteiger partial charge on any atom is -0.337 e. The molecular formula is C19H19ClN4O. The second-order valence-electron chi connectivity index (χ2n) is 5.86. The number of amides is 2. The molecule has 6 heteroatoms. The summed E-state index contributed by atoms with van der Waals surface area (Å²) in [5.41, 5.74) is 4.68. The van der Waals surface area contributed by atoms with E-state index in [2.05, 4.69) is 26.7 Å². The lowest BCUT2D eigenvalue weighted by atomic mass is 10.1. The number of nitrogens with one attached hydrogen (secondary N) is 2. The first-order valence-electron chi connectivity index (χ1n) is 8.02. The van der Waals surface area contributed by atoms with E-state index < -0.39 is 0 Å². The molecule has 0 aliphatic heterocycles. The molecule has 25 heavy (non-hydrogen) atoms. The molecule has 1 heterocycles. The van der Waals surface area contributed by atoms with Crippen LogP contribution in [-0.4, -0.2) is 28.4 Å². The van der Waals surface area contributed by atoms with Gasteiger partial charge in [0.25, 0.3) is 0 Å². The average Bonchev–Trinajstić information content (AvgIpc) is 2.61. The van der Waals surface area contributed by atoms with Crippen LogP contribution in [0.5, 0.6) is 0 Å². The third-order valence-electron chi connectivity index (χ3n) is 3.85. The fourth-order valence-electron chi connectivity index (χ4n) is 2.56. The molecule has 2 amide bonds. The Hall–Kier alpha value is -2.66. The van der Waals surface area contributed by atoms with E-state index in [1.54, 1.807) is 0 Å². The lowest BCUT2D eigenvalue weighted by molar-refractivity contribution is 0.252. The highest BCUT2D eigenvalue weighted by molar-refractivity contribution is 6.18. The molecule has 128 valence electrons. The molecule has 2 N–H and O–H groups in total. The minimum absolute atomic E-state index is 0.270. The molecule has 0 saturated carbocycles. The van der Waals surface area contributed by atoms with Gasteiger partial charge in [-0.05, 0) is 49.7 Å². The number of nitrogens with zero attached hydrogens (tertiary/aromatic N) is 2. The van der Waals surface area contributed by atoms with Crippen LogP contribution in [0.3, 0.4) is 0 Å². The first kappa shape index (κ1) is 17.2. The molecule has 1 aromatic heterocycles. The van der Waals surface area contributed by atoms with E-state index in [9.17, 15) is 4.79 Å². The summed E-state index contributed by atoms with van der Waals surface area (Å²) in [4.78, 5) is 20.8. The van der Waals surface area contributed by atoms with Gasteiger partial charge in [0.2, 0.25) is 0 Å². The van der Waals surface area contributed by atoms with Crippen molar-refractivity contribution in [1.29, 1.82) is 0 Å². The highest BCUT2D eigenvalue weighted by Crippen LogP contribution is 2.24. The number of benzene rings is 2. The maximum atomic E-state index is 11.7. The number of aryl methyl sites for hydroxylation is 2. The molecule has 0 radical (unpaired) electrons. The summed E-state index contributed by atoms with van der Waals surface area (Å²) in [6.45, 7) is 4.41. The third-order valence-corrected chi connectivity index (χ3v) is 4.04. The summed E-state index contributed by atoms with van der Waals surface area (Å²) in [5.74, 6) is 1.04. The molecule has 0 aliphatic rings. The maximum Gasteiger partial charge on any atom is 0.319 e. The monoisotopic (exact) mass is 354 g/mol. The molecule has 0 bridgehead atoms. The predicted molar refractivity (Wildman–Crippen MR) is 102 cm³/mol. The largest absolute Gasteiger partial charge is 0.337 e. The zero-order valence-corrected chi connectivity index (χ0v) is 14.9.